The van der Waals surface area contributed by atoms with Crippen molar-refractivity contribution in [3.8, 4) is 17.5 Å². The van der Waals surface area contributed by atoms with Gasteiger partial charge in [-0.3, -0.25) is 9.47 Å². The molecule has 158 valence electrons. The van der Waals surface area contributed by atoms with Gasteiger partial charge in [-0.2, -0.15) is 0 Å². The van der Waals surface area contributed by atoms with Crippen LogP contribution in [0.15, 0.2) is 30.5 Å². The molecule has 1 aromatic carbocycles. The molecule has 0 bridgehead atoms. The number of likely N-dealkylation sites (N-methyl/N-ethyl adjacent to an activating group) is 1. The van der Waals surface area contributed by atoms with Gasteiger partial charge in [0.2, 0.25) is 0 Å². The van der Waals surface area contributed by atoms with E-state index in [9.17, 15) is 23.3 Å². The van der Waals surface area contributed by atoms with Crippen molar-refractivity contribution in [2.75, 3.05) is 26.7 Å². The SMILES string of the molecule is CN(CCOc1ccc(OC(F)(F)F)cc1)C[C@@]1(C)Cn2cc([N+](=O)[O-])nc2O1. The third-order valence-electron chi connectivity index (χ3n) is 4.16. The first-order valence-electron chi connectivity index (χ1n) is 8.61. The largest absolute Gasteiger partial charge is 0.573 e. The number of fused-ring (bicyclic) bond motifs is 1. The number of alkyl halides is 3. The van der Waals surface area contributed by atoms with E-state index in [2.05, 4.69) is 9.72 Å². The molecule has 3 rings (SSSR count). The summed E-state index contributed by atoms with van der Waals surface area (Å²) in [7, 11) is 1.86. The van der Waals surface area contributed by atoms with Crippen LogP contribution in [0.4, 0.5) is 19.0 Å². The highest BCUT2D eigenvalue weighted by Crippen LogP contribution is 2.31. The Morgan fingerprint density at radius 3 is 2.59 bits per heavy atom. The van der Waals surface area contributed by atoms with Gasteiger partial charge >= 0.3 is 18.2 Å². The summed E-state index contributed by atoms with van der Waals surface area (Å²) >= 11 is 0. The smallest absolute Gasteiger partial charge is 0.492 e. The van der Waals surface area contributed by atoms with Crippen molar-refractivity contribution in [1.29, 1.82) is 0 Å². The topological polar surface area (TPSA) is 91.9 Å². The van der Waals surface area contributed by atoms with Crippen molar-refractivity contribution in [3.63, 3.8) is 0 Å². The Labute approximate surface area is 163 Å². The van der Waals surface area contributed by atoms with Gasteiger partial charge in [0.15, 0.2) is 0 Å². The van der Waals surface area contributed by atoms with Crippen LogP contribution in [0.2, 0.25) is 0 Å². The van der Waals surface area contributed by atoms with Crippen LogP contribution in [0, 0.1) is 10.1 Å². The number of nitrogens with zero attached hydrogens (tertiary/aromatic N) is 4. The normalized spacial score (nSPS) is 18.4. The number of imidazole rings is 1. The predicted octanol–water partition coefficient (Wildman–Crippen LogP) is 2.85. The number of hydrogen-bond acceptors (Lipinski definition) is 7. The van der Waals surface area contributed by atoms with E-state index in [4.69, 9.17) is 9.47 Å². The summed E-state index contributed by atoms with van der Waals surface area (Å²) in [6.45, 7) is 3.66. The van der Waals surface area contributed by atoms with E-state index in [1.165, 1.54) is 30.5 Å². The molecule has 0 aliphatic carbocycles. The number of ether oxygens (including phenoxy) is 3. The molecule has 1 aliphatic rings. The molecule has 1 aromatic heterocycles. The lowest BCUT2D eigenvalue weighted by Gasteiger charge is -2.28. The Morgan fingerprint density at radius 2 is 2.00 bits per heavy atom. The molecule has 0 saturated heterocycles. The molecule has 0 fully saturated rings. The third-order valence-corrected chi connectivity index (χ3v) is 4.16. The number of benzene rings is 1. The van der Waals surface area contributed by atoms with Crippen LogP contribution in [-0.4, -0.2) is 58.1 Å². The van der Waals surface area contributed by atoms with Gasteiger partial charge in [-0.1, -0.05) is 0 Å². The fraction of sp³-hybridized carbons (Fsp3) is 0.471. The predicted molar refractivity (Wildman–Crippen MR) is 94.0 cm³/mol. The minimum Gasteiger partial charge on any atom is -0.492 e. The van der Waals surface area contributed by atoms with Crippen molar-refractivity contribution >= 4 is 5.82 Å². The molecule has 0 unspecified atom stereocenters. The molecule has 12 heteroatoms. The first kappa shape index (κ1) is 20.7. The first-order chi connectivity index (χ1) is 13.5. The fourth-order valence-electron chi connectivity index (χ4n) is 3.07. The summed E-state index contributed by atoms with van der Waals surface area (Å²) < 4.78 is 53.2. The van der Waals surface area contributed by atoms with E-state index in [0.717, 1.165) is 0 Å². The van der Waals surface area contributed by atoms with Crippen LogP contribution < -0.4 is 14.2 Å². The molecule has 0 amide bonds. The Balaban J connectivity index is 1.43. The van der Waals surface area contributed by atoms with Crippen molar-refractivity contribution in [3.05, 3.63) is 40.6 Å². The molecule has 9 nitrogen and oxygen atoms in total. The summed E-state index contributed by atoms with van der Waals surface area (Å²) in [5.74, 6) is -0.148. The number of rotatable bonds is 8. The fourth-order valence-corrected chi connectivity index (χ4v) is 3.07. The van der Waals surface area contributed by atoms with Gasteiger partial charge in [-0.05, 0) is 43.2 Å². The van der Waals surface area contributed by atoms with E-state index in [1.54, 1.807) is 4.57 Å². The number of nitro groups is 1. The highest BCUT2D eigenvalue weighted by molar-refractivity contribution is 5.31. The number of halogens is 3. The first-order valence-corrected chi connectivity index (χ1v) is 8.61. The van der Waals surface area contributed by atoms with Crippen molar-refractivity contribution < 1.29 is 32.3 Å². The van der Waals surface area contributed by atoms with Crippen LogP contribution >= 0.6 is 0 Å². The maximum atomic E-state index is 12.1. The Hall–Kier alpha value is -3.02. The second-order valence-corrected chi connectivity index (χ2v) is 6.92. The van der Waals surface area contributed by atoms with E-state index >= 15 is 0 Å². The van der Waals surface area contributed by atoms with Crippen LogP contribution in [0.3, 0.4) is 0 Å². The maximum Gasteiger partial charge on any atom is 0.573 e. The molecule has 2 heterocycles. The van der Waals surface area contributed by atoms with E-state index in [-0.39, 0.29) is 17.6 Å². The van der Waals surface area contributed by atoms with Crippen molar-refractivity contribution in [1.82, 2.24) is 14.5 Å². The lowest BCUT2D eigenvalue weighted by Crippen LogP contribution is -2.44. The Kier molecular flexibility index (Phi) is 5.55. The summed E-state index contributed by atoms with van der Waals surface area (Å²) in [5, 5.41) is 10.8. The minimum atomic E-state index is -4.73. The minimum absolute atomic E-state index is 0.213. The lowest BCUT2D eigenvalue weighted by molar-refractivity contribution is -0.389. The average molecular weight is 416 g/mol. The maximum absolute atomic E-state index is 12.1. The molecule has 0 radical (unpaired) electrons. The van der Waals surface area contributed by atoms with Gasteiger partial charge in [0.1, 0.15) is 29.9 Å². The van der Waals surface area contributed by atoms with Gasteiger partial charge in [0.25, 0.3) is 0 Å². The van der Waals surface area contributed by atoms with E-state index in [1.807, 2.05) is 18.9 Å². The monoisotopic (exact) mass is 416 g/mol. The van der Waals surface area contributed by atoms with Crippen LogP contribution in [0.1, 0.15) is 6.92 Å². The molecule has 1 atom stereocenters. The van der Waals surface area contributed by atoms with Gasteiger partial charge in [-0.15, -0.1) is 13.2 Å². The summed E-state index contributed by atoms with van der Waals surface area (Å²) in [6.07, 6.45) is -3.39. The number of aromatic nitrogens is 2. The molecular formula is C17H19F3N4O5. The van der Waals surface area contributed by atoms with Gasteiger partial charge in [0, 0.05) is 18.1 Å². The van der Waals surface area contributed by atoms with Gasteiger partial charge < -0.3 is 24.3 Å². The second kappa shape index (κ2) is 7.78. The van der Waals surface area contributed by atoms with Crippen LogP contribution in [0.5, 0.6) is 17.5 Å². The molecule has 2 aromatic rings. The van der Waals surface area contributed by atoms with Crippen molar-refractivity contribution in [2.45, 2.75) is 25.4 Å². The molecule has 29 heavy (non-hydrogen) atoms. The highest BCUT2D eigenvalue weighted by atomic mass is 19.4. The van der Waals surface area contributed by atoms with Gasteiger partial charge in [-0.25, -0.2) is 0 Å². The lowest BCUT2D eigenvalue weighted by atomic mass is 10.1. The second-order valence-electron chi connectivity index (χ2n) is 6.92. The standard InChI is InChI=1S/C17H19F3N4O5/c1-16(11-23-9-14(24(25)26)21-15(23)29-16)10-22(2)7-8-27-12-3-5-13(6-4-12)28-17(18,19)20/h3-6,9H,7-8,10-11H2,1-2H3/t16-/m0/s1. The highest BCUT2D eigenvalue weighted by Gasteiger charge is 2.40. The third kappa shape index (κ3) is 5.50. The molecule has 0 spiro atoms. The summed E-state index contributed by atoms with van der Waals surface area (Å²) in [5.41, 5.74) is -0.594. The van der Waals surface area contributed by atoms with E-state index < -0.39 is 16.9 Å². The zero-order valence-electron chi connectivity index (χ0n) is 15.7. The molecular weight excluding hydrogens is 397 g/mol. The van der Waals surface area contributed by atoms with Gasteiger partial charge in [0.05, 0.1) is 6.54 Å². The quantitative estimate of drug-likeness (QED) is 0.483. The molecule has 0 saturated carbocycles. The summed E-state index contributed by atoms with van der Waals surface area (Å²) in [4.78, 5) is 16.0. The zero-order valence-corrected chi connectivity index (χ0v) is 15.7. The van der Waals surface area contributed by atoms with Crippen molar-refractivity contribution in [2.24, 2.45) is 0 Å². The molecule has 0 N–H and O–H groups in total. The molecule has 1 aliphatic heterocycles. The van der Waals surface area contributed by atoms with E-state index in [0.29, 0.717) is 32.0 Å². The van der Waals surface area contributed by atoms with Crippen LogP contribution in [0.25, 0.3) is 0 Å². The Morgan fingerprint density at radius 1 is 1.34 bits per heavy atom. The zero-order chi connectivity index (χ0) is 21.2. The Bertz CT molecular complexity index is 845. The summed E-state index contributed by atoms with van der Waals surface area (Å²) in [6, 6.07) is 5.37. The number of hydrogen-bond donors (Lipinski definition) is 0. The van der Waals surface area contributed by atoms with Crippen LogP contribution in [-0.2, 0) is 6.54 Å². The average Bonchev–Trinajstić information content (AvgIpc) is 3.10.